The maximum absolute atomic E-state index is 12.7. The van der Waals surface area contributed by atoms with Gasteiger partial charge < -0.3 is 4.98 Å². The van der Waals surface area contributed by atoms with Gasteiger partial charge in [0.15, 0.2) is 0 Å². The lowest BCUT2D eigenvalue weighted by molar-refractivity contribution is -0.145. The number of nitrogens with one attached hydrogen (secondary N) is 1. The highest BCUT2D eigenvalue weighted by atomic mass is 19.4. The fourth-order valence-electron chi connectivity index (χ4n) is 2.67. The highest BCUT2D eigenvalue weighted by Gasteiger charge is 2.35. The Balaban J connectivity index is 1.79. The molecule has 3 heterocycles. The number of rotatable bonds is 3. The molecule has 0 unspecified atom stereocenters. The minimum atomic E-state index is -4.64. The van der Waals surface area contributed by atoms with Gasteiger partial charge in [-0.15, -0.1) is 0 Å². The molecule has 1 N–H and O–H groups in total. The minimum Gasteiger partial charge on any atom is -0.303 e. The smallest absolute Gasteiger partial charge is 0.303 e. The molecule has 0 atom stereocenters. The van der Waals surface area contributed by atoms with Gasteiger partial charge in [-0.25, -0.2) is 4.98 Å². The second-order valence-electron chi connectivity index (χ2n) is 5.50. The zero-order valence-corrected chi connectivity index (χ0v) is 12.5. The molecule has 6 nitrogen and oxygen atoms in total. The summed E-state index contributed by atoms with van der Waals surface area (Å²) in [6.07, 6.45) is -0.636. The van der Waals surface area contributed by atoms with Crippen molar-refractivity contribution in [2.24, 2.45) is 0 Å². The fourth-order valence-corrected chi connectivity index (χ4v) is 2.67. The standard InChI is InChI=1S/C14H16F3N5O/c1-2-22-7-9(5-18-22)6-21-4-3-11-10(8-21)12(23)20-13(19-11)14(15,16)17/h5,7H,2-4,6,8H2,1H3,(H,19,20,23). The normalized spacial score (nSPS) is 15.7. The Morgan fingerprint density at radius 1 is 1.39 bits per heavy atom. The van der Waals surface area contributed by atoms with E-state index in [-0.39, 0.29) is 12.2 Å². The average Bonchev–Trinajstić information content (AvgIpc) is 2.94. The molecule has 124 valence electrons. The Kier molecular flexibility index (Phi) is 3.97. The predicted octanol–water partition coefficient (Wildman–Crippen LogP) is 1.56. The van der Waals surface area contributed by atoms with Gasteiger partial charge >= 0.3 is 6.18 Å². The van der Waals surface area contributed by atoms with Crippen molar-refractivity contribution in [1.82, 2.24) is 24.6 Å². The third-order valence-corrected chi connectivity index (χ3v) is 3.83. The topological polar surface area (TPSA) is 66.8 Å². The van der Waals surface area contributed by atoms with Crippen molar-refractivity contribution in [3.63, 3.8) is 0 Å². The van der Waals surface area contributed by atoms with Crippen LogP contribution in [0.3, 0.4) is 0 Å². The maximum Gasteiger partial charge on any atom is 0.449 e. The number of aromatic amines is 1. The Hall–Kier alpha value is -2.16. The summed E-state index contributed by atoms with van der Waals surface area (Å²) in [5.41, 5.74) is 0.844. The molecule has 1 aliphatic heterocycles. The first-order valence-electron chi connectivity index (χ1n) is 7.29. The Bertz CT molecular complexity index is 765. The largest absolute Gasteiger partial charge is 0.449 e. The number of H-pyrrole nitrogens is 1. The number of aryl methyl sites for hydroxylation is 1. The van der Waals surface area contributed by atoms with Crippen molar-refractivity contribution in [2.45, 2.75) is 39.2 Å². The van der Waals surface area contributed by atoms with Gasteiger partial charge in [-0.2, -0.15) is 18.3 Å². The van der Waals surface area contributed by atoms with Crippen molar-refractivity contribution in [3.05, 3.63) is 45.4 Å². The number of nitrogens with zero attached hydrogens (tertiary/aromatic N) is 4. The van der Waals surface area contributed by atoms with Crippen LogP contribution in [0.5, 0.6) is 0 Å². The molecule has 0 aromatic carbocycles. The highest BCUT2D eigenvalue weighted by molar-refractivity contribution is 5.22. The van der Waals surface area contributed by atoms with Crippen LogP contribution in [0.2, 0.25) is 0 Å². The Morgan fingerprint density at radius 2 is 2.17 bits per heavy atom. The van der Waals surface area contributed by atoms with E-state index < -0.39 is 17.6 Å². The monoisotopic (exact) mass is 327 g/mol. The van der Waals surface area contributed by atoms with E-state index in [2.05, 4.69) is 10.1 Å². The van der Waals surface area contributed by atoms with Gasteiger partial charge in [-0.1, -0.05) is 0 Å². The zero-order chi connectivity index (χ0) is 16.6. The molecule has 3 rings (SSSR count). The van der Waals surface area contributed by atoms with Crippen LogP contribution in [0.1, 0.15) is 29.6 Å². The van der Waals surface area contributed by atoms with Gasteiger partial charge in [0.05, 0.1) is 17.5 Å². The van der Waals surface area contributed by atoms with Crippen LogP contribution in [0.4, 0.5) is 13.2 Å². The molecule has 0 saturated heterocycles. The molecule has 0 amide bonds. The number of alkyl halides is 3. The van der Waals surface area contributed by atoms with Crippen LogP contribution in [0, 0.1) is 0 Å². The summed E-state index contributed by atoms with van der Waals surface area (Å²) in [4.78, 5) is 19.4. The van der Waals surface area contributed by atoms with Crippen LogP contribution in [-0.4, -0.2) is 31.2 Å². The van der Waals surface area contributed by atoms with Gasteiger partial charge in [0.25, 0.3) is 5.56 Å². The second kappa shape index (κ2) is 5.80. The van der Waals surface area contributed by atoms with E-state index in [4.69, 9.17) is 0 Å². The molecule has 9 heteroatoms. The van der Waals surface area contributed by atoms with Crippen LogP contribution < -0.4 is 5.56 Å². The van der Waals surface area contributed by atoms with Gasteiger partial charge in [-0.3, -0.25) is 14.4 Å². The molecule has 0 radical (unpaired) electrons. The summed E-state index contributed by atoms with van der Waals surface area (Å²) in [5, 5.41) is 4.19. The molecule has 0 fully saturated rings. The Morgan fingerprint density at radius 3 is 2.83 bits per heavy atom. The molecular weight excluding hydrogens is 311 g/mol. The lowest BCUT2D eigenvalue weighted by atomic mass is 10.1. The Labute approximate surface area is 130 Å². The number of fused-ring (bicyclic) bond motifs is 1. The van der Waals surface area contributed by atoms with E-state index in [0.717, 1.165) is 12.1 Å². The van der Waals surface area contributed by atoms with E-state index in [0.29, 0.717) is 25.1 Å². The second-order valence-corrected chi connectivity index (χ2v) is 5.50. The van der Waals surface area contributed by atoms with Crippen LogP contribution in [0.15, 0.2) is 17.2 Å². The van der Waals surface area contributed by atoms with E-state index >= 15 is 0 Å². The highest BCUT2D eigenvalue weighted by Crippen LogP contribution is 2.26. The van der Waals surface area contributed by atoms with Gasteiger partial charge in [0.1, 0.15) is 0 Å². The van der Waals surface area contributed by atoms with Crippen molar-refractivity contribution in [1.29, 1.82) is 0 Å². The van der Waals surface area contributed by atoms with E-state index in [1.807, 2.05) is 23.0 Å². The quantitative estimate of drug-likeness (QED) is 0.929. The van der Waals surface area contributed by atoms with Crippen molar-refractivity contribution in [3.8, 4) is 0 Å². The molecule has 23 heavy (non-hydrogen) atoms. The lowest BCUT2D eigenvalue weighted by Crippen LogP contribution is -2.36. The predicted molar refractivity (Wildman–Crippen MR) is 75.6 cm³/mol. The molecule has 2 aromatic rings. The first kappa shape index (κ1) is 15.7. The number of aromatic nitrogens is 4. The molecule has 0 spiro atoms. The van der Waals surface area contributed by atoms with Crippen molar-refractivity contribution < 1.29 is 13.2 Å². The average molecular weight is 327 g/mol. The molecular formula is C14H16F3N5O. The van der Waals surface area contributed by atoms with Gasteiger partial charge in [0.2, 0.25) is 5.82 Å². The summed E-state index contributed by atoms with van der Waals surface area (Å²) in [5.74, 6) is -1.22. The molecule has 2 aromatic heterocycles. The molecule has 0 saturated carbocycles. The maximum atomic E-state index is 12.7. The van der Waals surface area contributed by atoms with E-state index in [9.17, 15) is 18.0 Å². The molecule has 0 aliphatic carbocycles. The molecule has 1 aliphatic rings. The van der Waals surface area contributed by atoms with Crippen molar-refractivity contribution >= 4 is 0 Å². The summed E-state index contributed by atoms with van der Waals surface area (Å²) in [7, 11) is 0. The zero-order valence-electron chi connectivity index (χ0n) is 12.5. The van der Waals surface area contributed by atoms with E-state index in [1.54, 1.807) is 10.9 Å². The van der Waals surface area contributed by atoms with Crippen LogP contribution in [0.25, 0.3) is 0 Å². The third kappa shape index (κ3) is 3.29. The first-order valence-corrected chi connectivity index (χ1v) is 7.29. The van der Waals surface area contributed by atoms with Crippen LogP contribution in [-0.2, 0) is 32.2 Å². The third-order valence-electron chi connectivity index (χ3n) is 3.83. The summed E-state index contributed by atoms with van der Waals surface area (Å²) < 4.78 is 39.9. The number of halogens is 3. The summed E-state index contributed by atoms with van der Waals surface area (Å²) >= 11 is 0. The van der Waals surface area contributed by atoms with Crippen LogP contribution >= 0.6 is 0 Å². The van der Waals surface area contributed by atoms with E-state index in [1.165, 1.54) is 0 Å². The lowest BCUT2D eigenvalue weighted by Gasteiger charge is -2.27. The summed E-state index contributed by atoms with van der Waals surface area (Å²) in [6.45, 7) is 4.19. The molecule has 0 bridgehead atoms. The first-order chi connectivity index (χ1) is 10.9. The van der Waals surface area contributed by atoms with Crippen molar-refractivity contribution in [2.75, 3.05) is 6.54 Å². The van der Waals surface area contributed by atoms with Gasteiger partial charge in [-0.05, 0) is 6.92 Å². The fraction of sp³-hybridized carbons (Fsp3) is 0.500. The summed E-state index contributed by atoms with van der Waals surface area (Å²) in [6, 6.07) is 0. The SMILES string of the molecule is CCn1cc(CN2CCc3nc(C(F)(F)F)[nH]c(=O)c3C2)cn1. The minimum absolute atomic E-state index is 0.238. The van der Waals surface area contributed by atoms with Gasteiger partial charge in [0, 0.05) is 44.4 Å². The number of hydrogen-bond acceptors (Lipinski definition) is 4. The number of hydrogen-bond donors (Lipinski definition) is 1.